The van der Waals surface area contributed by atoms with Gasteiger partial charge in [-0.25, -0.2) is 0 Å². The molecule has 4 amide bonds. The van der Waals surface area contributed by atoms with Crippen molar-refractivity contribution in [3.8, 4) is 0 Å². The van der Waals surface area contributed by atoms with Crippen LogP contribution >= 0.6 is 38.7 Å². The second kappa shape index (κ2) is 52.2. The first-order chi connectivity index (χ1) is 54.8. The highest BCUT2D eigenvalue weighted by molar-refractivity contribution is 9.10. The summed E-state index contributed by atoms with van der Waals surface area (Å²) in [6.07, 6.45) is -13.0. The number of benzene rings is 4. The number of aromatic nitrogens is 4. The number of ketones is 4. The zero-order valence-corrected chi connectivity index (χ0v) is 73.7. The summed E-state index contributed by atoms with van der Waals surface area (Å²) in [5, 5.41) is 23.5. The molecule has 118 heavy (non-hydrogen) atoms. The highest BCUT2D eigenvalue weighted by atomic mass is 79.9. The molecule has 0 radical (unpaired) electrons. The number of H-pyrrole nitrogens is 1. The lowest BCUT2D eigenvalue weighted by molar-refractivity contribution is -0.138. The first-order valence-electron chi connectivity index (χ1n) is 38.7. The van der Waals surface area contributed by atoms with Crippen LogP contribution in [0.5, 0.6) is 0 Å². The van der Waals surface area contributed by atoms with E-state index in [2.05, 4.69) is 62.3 Å². The summed E-state index contributed by atoms with van der Waals surface area (Å²) < 4.78 is 178. The summed E-state index contributed by atoms with van der Waals surface area (Å²) >= 11 is 3.38. The Bertz CT molecular complexity index is 4020. The van der Waals surface area contributed by atoms with Crippen molar-refractivity contribution in [2.24, 2.45) is 47.3 Å². The van der Waals surface area contributed by atoms with E-state index in [1.54, 1.807) is 48.5 Å². The number of alkyl halides is 9. The second-order valence-corrected chi connectivity index (χ2v) is 37.0. The molecule has 5 rings (SSSR count). The standard InChI is InChI=1S/C22H35BrNO5P.C21H31F3NO5P.C19H27F3NO5P.C18H22F3N5O2/c1-15(2)11-19(13-21(25)12-18-7-9-20(23)10-8-18)22(26)24-14-30(27,28-16(3)4)29-17(5)6;1-5-29-31(28,30-6-2)14-25-20(27)17(11-15(3)4)13-19(26)12-16-7-9-18(10-8-16)21(22,23)24;1-4-28-29(26,27)12-23-18(25)15(9-13(2)3)11-17(24)10-14-5-7-16(8-6-14)19(20,21)22;1-11(2)7-13(17(28)22-10-16-23-25-26-24-16)9-15(27)8-12-3-5-14(6-4-12)18(19,20)21/h7-10,15-17,19H,11-14H2,1-6H3,(H,24,26);7-10,15,17H,5-6,11-14H2,1-4H3,(H,25,27);5-8,13,15H,4,9-12H2,1-3H3,(H,23,25)(H,26,27);3-6,11,13H,7-10H2,1-2H3,(H,22,28)(H,23,24,25,26)/t19-;17-;15-;13-/m1111/s1. The molecule has 1 aromatic heterocycles. The highest BCUT2D eigenvalue weighted by Crippen LogP contribution is 2.50. The molecule has 6 N–H and O–H groups in total. The summed E-state index contributed by atoms with van der Waals surface area (Å²) in [7, 11) is -10.9. The largest absolute Gasteiger partial charge is 0.416 e. The number of carbonyl (C=O) groups excluding carboxylic acids is 8. The van der Waals surface area contributed by atoms with Crippen LogP contribution in [0.25, 0.3) is 0 Å². The Morgan fingerprint density at radius 1 is 0.415 bits per heavy atom. The summed E-state index contributed by atoms with van der Waals surface area (Å²) in [5.74, 6) is -3.74. The maximum Gasteiger partial charge on any atom is 0.416 e. The third kappa shape index (κ3) is 45.5. The second-order valence-electron chi connectivity index (χ2n) is 30.3. The summed E-state index contributed by atoms with van der Waals surface area (Å²) in [6, 6.07) is 20.7. The molecule has 25 nitrogen and oxygen atoms in total. The first-order valence-corrected chi connectivity index (χ1v) is 44.7. The molecule has 1 heterocycles. The number of amides is 4. The third-order valence-electron chi connectivity index (χ3n) is 16.6. The minimum atomic E-state index is -4.45. The van der Waals surface area contributed by atoms with E-state index < -0.39 is 99.8 Å². The van der Waals surface area contributed by atoms with Crippen LogP contribution in [-0.4, -0.2) is 123 Å². The van der Waals surface area contributed by atoms with Crippen molar-refractivity contribution < 1.29 is 119 Å². The quantitative estimate of drug-likeness (QED) is 0.0156. The van der Waals surface area contributed by atoms with E-state index in [9.17, 15) is 96.5 Å². The molecule has 4 aromatic carbocycles. The van der Waals surface area contributed by atoms with Crippen molar-refractivity contribution >= 4 is 85.5 Å². The van der Waals surface area contributed by atoms with Gasteiger partial charge < -0.3 is 48.8 Å². The van der Waals surface area contributed by atoms with Crippen LogP contribution in [0.3, 0.4) is 0 Å². The number of hydrogen-bond acceptors (Lipinski definition) is 19. The maximum absolute atomic E-state index is 12.9. The van der Waals surface area contributed by atoms with Crippen LogP contribution < -0.4 is 21.3 Å². The number of nitrogens with one attached hydrogen (secondary N) is 5. The first kappa shape index (κ1) is 107. The van der Waals surface area contributed by atoms with Crippen LogP contribution in [0, 0.1) is 47.3 Å². The van der Waals surface area contributed by atoms with Crippen molar-refractivity contribution in [2.75, 3.05) is 38.7 Å². The fourth-order valence-electron chi connectivity index (χ4n) is 11.8. The molecule has 0 aliphatic carbocycles. The Kier molecular flexibility index (Phi) is 47.3. The van der Waals surface area contributed by atoms with Crippen LogP contribution in [0.1, 0.15) is 200 Å². The summed E-state index contributed by atoms with van der Waals surface area (Å²) in [5.41, 5.74) is -0.0908. The van der Waals surface area contributed by atoms with Crippen molar-refractivity contribution in [1.82, 2.24) is 41.9 Å². The number of carbonyl (C=O) groups is 8. The average Bonchev–Trinajstić information content (AvgIpc) is 1.22. The number of nitrogens with zero attached hydrogens (tertiary/aromatic N) is 3. The summed E-state index contributed by atoms with van der Waals surface area (Å²) in [6.45, 7) is 27.8. The smallest absolute Gasteiger partial charge is 0.348 e. The fraction of sp³-hybridized carbons (Fsp3) is 0.588. The van der Waals surface area contributed by atoms with Crippen LogP contribution in [-0.2, 0) is 125 Å². The van der Waals surface area contributed by atoms with Gasteiger partial charge in [-0.2, -0.15) is 44.7 Å². The van der Waals surface area contributed by atoms with E-state index >= 15 is 0 Å². The van der Waals surface area contributed by atoms with Gasteiger partial charge in [0, 0.05) is 79.5 Å². The van der Waals surface area contributed by atoms with Gasteiger partial charge in [0.25, 0.3) is 0 Å². The lowest BCUT2D eigenvalue weighted by Crippen LogP contribution is -2.34. The number of Topliss-reactive ketones (excluding diaryl/α,β-unsaturated/α-hetero) is 4. The van der Waals surface area contributed by atoms with Crippen molar-refractivity contribution in [3.05, 3.63) is 146 Å². The number of aromatic amines is 1. The predicted octanol–water partition coefficient (Wildman–Crippen LogP) is 17.8. The molecular formula is C80H115BrF9N8O17P3. The highest BCUT2D eigenvalue weighted by Gasteiger charge is 2.36. The van der Waals surface area contributed by atoms with Crippen LogP contribution in [0.15, 0.2) is 102 Å². The molecule has 5 atom stereocenters. The zero-order valence-electron chi connectivity index (χ0n) is 69.4. The van der Waals surface area contributed by atoms with Gasteiger partial charge in [-0.15, -0.1) is 10.2 Å². The number of tetrazole rings is 1. The normalized spacial score (nSPS) is 13.6. The lowest BCUT2D eigenvalue weighted by atomic mass is 9.90. The van der Waals surface area contributed by atoms with Gasteiger partial charge in [-0.3, -0.25) is 52.1 Å². The molecule has 0 aliphatic rings. The van der Waals surface area contributed by atoms with Crippen LogP contribution in [0.4, 0.5) is 39.5 Å². The minimum absolute atomic E-state index is 0.00170. The van der Waals surface area contributed by atoms with Crippen molar-refractivity contribution in [2.45, 2.75) is 218 Å². The number of rotatable bonds is 46. The van der Waals surface area contributed by atoms with Crippen LogP contribution in [0.2, 0.25) is 0 Å². The Morgan fingerprint density at radius 3 is 0.941 bits per heavy atom. The molecule has 662 valence electrons. The molecule has 0 saturated carbocycles. The van der Waals surface area contributed by atoms with Gasteiger partial charge in [0.15, 0.2) is 5.82 Å². The molecule has 0 bridgehead atoms. The Hall–Kier alpha value is -7.19. The van der Waals surface area contributed by atoms with Gasteiger partial charge >= 0.3 is 41.3 Å². The van der Waals surface area contributed by atoms with E-state index in [-0.39, 0.29) is 161 Å². The molecule has 0 aliphatic heterocycles. The maximum atomic E-state index is 12.9. The van der Waals surface area contributed by atoms with E-state index in [0.717, 1.165) is 46.4 Å². The van der Waals surface area contributed by atoms with Gasteiger partial charge in [0.05, 0.1) is 55.3 Å². The molecule has 5 aromatic rings. The Labute approximate surface area is 693 Å². The van der Waals surface area contributed by atoms with Gasteiger partial charge in [0.2, 0.25) is 23.6 Å². The van der Waals surface area contributed by atoms with Crippen molar-refractivity contribution in [3.63, 3.8) is 0 Å². The molecule has 1 unspecified atom stereocenters. The molecule has 0 spiro atoms. The van der Waals surface area contributed by atoms with Gasteiger partial charge in [-0.1, -0.05) is 125 Å². The van der Waals surface area contributed by atoms with E-state index in [4.69, 9.17) is 18.1 Å². The third-order valence-corrected chi connectivity index (χ3v) is 22.3. The minimum Gasteiger partial charge on any atom is -0.348 e. The molecular weight excluding hydrogens is 1690 g/mol. The van der Waals surface area contributed by atoms with Crippen molar-refractivity contribution in [1.29, 1.82) is 0 Å². The lowest BCUT2D eigenvalue weighted by Gasteiger charge is -2.24. The monoisotopic (exact) mass is 1800 g/mol. The van der Waals surface area contributed by atoms with E-state index in [0.29, 0.717) is 48.2 Å². The Balaban J connectivity index is 0.000000534. The SMILES string of the molecule is CC(C)C[C@H](CC(=O)Cc1ccc(Br)cc1)C(=O)NCP(=O)(OC(C)C)OC(C)C.CC(C)C[C@H](CC(=O)Cc1ccc(C(F)(F)F)cc1)C(=O)NCc1nn[nH]n1.CCOP(=O)(CNC(=O)[C@@H](CC(=O)Cc1ccc(C(F)(F)F)cc1)CC(C)C)OCC.CCOP(=O)(O)CNC(=O)[C@@H](CC(=O)Cc1ccc(C(F)(F)F)cc1)CC(C)C. The topological polar surface area (TPSA) is 357 Å². The molecule has 0 saturated heterocycles. The number of halogens is 10. The molecule has 0 fully saturated rings. The van der Waals surface area contributed by atoms with E-state index in [1.165, 1.54) is 36.4 Å². The van der Waals surface area contributed by atoms with Gasteiger partial charge in [0.1, 0.15) is 42.0 Å². The predicted molar refractivity (Wildman–Crippen MR) is 431 cm³/mol. The number of hydrogen-bond donors (Lipinski definition) is 6. The zero-order chi connectivity index (χ0) is 89.5. The van der Waals surface area contributed by atoms with Gasteiger partial charge in [-0.05, 0) is 169 Å². The van der Waals surface area contributed by atoms with E-state index in [1.807, 2.05) is 79.7 Å². The Morgan fingerprint density at radius 2 is 0.686 bits per heavy atom. The fourth-order valence-corrected chi connectivity index (χ4v) is 16.1. The molecule has 38 heteroatoms. The summed E-state index contributed by atoms with van der Waals surface area (Å²) in [4.78, 5) is 110. The average molecular weight is 1800 g/mol.